The molecule has 1 saturated heterocycles. The average Bonchev–Trinajstić information content (AvgIpc) is 2.81. The molecule has 1 aliphatic heterocycles. The molecular formula is C19H24ClN3O3. The van der Waals surface area contributed by atoms with E-state index < -0.39 is 17.5 Å². The number of nitrogens with zero attached hydrogens (tertiary/aromatic N) is 1. The van der Waals surface area contributed by atoms with E-state index in [1.54, 1.807) is 31.2 Å². The van der Waals surface area contributed by atoms with Crippen molar-refractivity contribution in [2.24, 2.45) is 5.92 Å². The molecule has 0 aromatic heterocycles. The van der Waals surface area contributed by atoms with Gasteiger partial charge in [0.15, 0.2) is 0 Å². The first-order valence-corrected chi connectivity index (χ1v) is 9.39. The van der Waals surface area contributed by atoms with Crippen molar-refractivity contribution in [1.82, 2.24) is 15.5 Å². The van der Waals surface area contributed by atoms with Gasteiger partial charge in [0.1, 0.15) is 12.1 Å². The lowest BCUT2D eigenvalue weighted by molar-refractivity contribution is -0.135. The normalized spacial score (nSPS) is 28.8. The van der Waals surface area contributed by atoms with Crippen LogP contribution in [0.2, 0.25) is 5.02 Å². The van der Waals surface area contributed by atoms with Crippen LogP contribution in [-0.4, -0.2) is 35.3 Å². The van der Waals surface area contributed by atoms with Crippen LogP contribution in [0.25, 0.3) is 0 Å². The number of rotatable bonds is 4. The quantitative estimate of drug-likeness (QED) is 0.792. The van der Waals surface area contributed by atoms with Gasteiger partial charge in [0.05, 0.1) is 0 Å². The molecule has 0 bridgehead atoms. The molecule has 1 aromatic rings. The van der Waals surface area contributed by atoms with Crippen molar-refractivity contribution in [2.45, 2.75) is 51.1 Å². The van der Waals surface area contributed by atoms with Crippen LogP contribution in [0.15, 0.2) is 24.3 Å². The van der Waals surface area contributed by atoms with Crippen molar-refractivity contribution in [1.29, 1.82) is 0 Å². The second-order valence-corrected chi connectivity index (χ2v) is 7.77. The Balaban J connectivity index is 1.71. The Labute approximate surface area is 158 Å². The van der Waals surface area contributed by atoms with E-state index in [1.165, 1.54) is 6.42 Å². The third kappa shape index (κ3) is 3.43. The summed E-state index contributed by atoms with van der Waals surface area (Å²) in [6.45, 7) is 3.44. The van der Waals surface area contributed by atoms with Crippen LogP contribution >= 0.6 is 11.6 Å². The first kappa shape index (κ1) is 18.7. The molecular weight excluding hydrogens is 354 g/mol. The van der Waals surface area contributed by atoms with Crippen LogP contribution in [0.3, 0.4) is 0 Å². The molecule has 1 aliphatic carbocycles. The van der Waals surface area contributed by atoms with Crippen LogP contribution in [-0.2, 0) is 15.1 Å². The maximum absolute atomic E-state index is 12.9. The highest BCUT2D eigenvalue weighted by molar-refractivity contribution is 6.32. The van der Waals surface area contributed by atoms with Crippen molar-refractivity contribution in [2.75, 3.05) is 6.54 Å². The van der Waals surface area contributed by atoms with Crippen molar-refractivity contribution >= 4 is 29.4 Å². The molecule has 2 fully saturated rings. The molecule has 7 heteroatoms. The monoisotopic (exact) mass is 377 g/mol. The maximum atomic E-state index is 12.9. The lowest BCUT2D eigenvalue weighted by Crippen LogP contribution is -2.47. The second kappa shape index (κ2) is 7.27. The number of urea groups is 1. The summed E-state index contributed by atoms with van der Waals surface area (Å²) in [4.78, 5) is 38.6. The van der Waals surface area contributed by atoms with Crippen molar-refractivity contribution in [3.63, 3.8) is 0 Å². The molecule has 6 nitrogen and oxygen atoms in total. The number of benzene rings is 1. The maximum Gasteiger partial charge on any atom is 0.325 e. The molecule has 26 heavy (non-hydrogen) atoms. The van der Waals surface area contributed by atoms with Crippen LogP contribution in [0.1, 0.15) is 45.1 Å². The summed E-state index contributed by atoms with van der Waals surface area (Å²) in [5.41, 5.74) is -0.753. The topological polar surface area (TPSA) is 78.5 Å². The molecule has 1 heterocycles. The average molecular weight is 378 g/mol. The Kier molecular flexibility index (Phi) is 5.23. The fourth-order valence-corrected chi connectivity index (χ4v) is 4.14. The largest absolute Gasteiger partial charge is 0.352 e. The van der Waals surface area contributed by atoms with Gasteiger partial charge in [-0.2, -0.15) is 0 Å². The molecule has 4 amide bonds. The molecule has 0 radical (unpaired) electrons. The van der Waals surface area contributed by atoms with Gasteiger partial charge in [-0.25, -0.2) is 4.79 Å². The van der Waals surface area contributed by atoms with E-state index in [9.17, 15) is 14.4 Å². The molecule has 3 rings (SSSR count). The summed E-state index contributed by atoms with van der Waals surface area (Å²) < 4.78 is 0. The van der Waals surface area contributed by atoms with E-state index in [1.807, 2.05) is 0 Å². The summed E-state index contributed by atoms with van der Waals surface area (Å²) in [5.74, 6) is -0.373. The van der Waals surface area contributed by atoms with Gasteiger partial charge in [-0.3, -0.25) is 14.5 Å². The predicted molar refractivity (Wildman–Crippen MR) is 98.6 cm³/mol. The Morgan fingerprint density at radius 3 is 2.69 bits per heavy atom. The zero-order valence-electron chi connectivity index (χ0n) is 15.0. The minimum Gasteiger partial charge on any atom is -0.352 e. The Bertz CT molecular complexity index is 738. The highest BCUT2D eigenvalue weighted by Gasteiger charge is 2.50. The number of carbonyl (C=O) groups is 3. The molecule has 2 N–H and O–H groups in total. The Morgan fingerprint density at radius 2 is 2.00 bits per heavy atom. The lowest BCUT2D eigenvalue weighted by atomic mass is 9.86. The van der Waals surface area contributed by atoms with Crippen molar-refractivity contribution < 1.29 is 14.4 Å². The molecule has 0 spiro atoms. The van der Waals surface area contributed by atoms with E-state index in [2.05, 4.69) is 17.6 Å². The number of halogens is 1. The van der Waals surface area contributed by atoms with Gasteiger partial charge in [0.2, 0.25) is 5.91 Å². The van der Waals surface area contributed by atoms with Gasteiger partial charge >= 0.3 is 6.03 Å². The summed E-state index contributed by atoms with van der Waals surface area (Å²) in [7, 11) is 0. The fraction of sp³-hybridized carbons (Fsp3) is 0.526. The van der Waals surface area contributed by atoms with Gasteiger partial charge in [0.25, 0.3) is 5.91 Å². The SMILES string of the molecule is CC1CCCCC1NC(=O)CN1C(=O)NC(C)(c2ccccc2Cl)C1=O. The Morgan fingerprint density at radius 1 is 1.31 bits per heavy atom. The number of imide groups is 1. The van der Waals surface area contributed by atoms with Crippen LogP contribution in [0, 0.1) is 5.92 Å². The highest BCUT2D eigenvalue weighted by Crippen LogP contribution is 2.33. The van der Waals surface area contributed by atoms with Crippen molar-refractivity contribution in [3.8, 4) is 0 Å². The fourth-order valence-electron chi connectivity index (χ4n) is 3.82. The van der Waals surface area contributed by atoms with Gasteiger partial charge in [-0.1, -0.05) is 49.6 Å². The van der Waals surface area contributed by atoms with Gasteiger partial charge in [-0.05, 0) is 31.7 Å². The van der Waals surface area contributed by atoms with E-state index in [0.717, 1.165) is 24.2 Å². The summed E-state index contributed by atoms with van der Waals surface area (Å²) >= 11 is 6.20. The molecule has 1 aromatic carbocycles. The summed E-state index contributed by atoms with van der Waals surface area (Å²) in [6.07, 6.45) is 4.28. The van der Waals surface area contributed by atoms with Crippen LogP contribution in [0.5, 0.6) is 0 Å². The number of hydrogen-bond donors (Lipinski definition) is 2. The molecule has 140 valence electrons. The third-order valence-corrected chi connectivity index (χ3v) is 5.78. The first-order chi connectivity index (χ1) is 12.3. The standard InChI is InChI=1S/C19H24ClN3O3/c1-12-7-3-6-10-15(12)21-16(24)11-23-17(25)19(2,22-18(23)26)13-8-4-5-9-14(13)20/h4-5,8-9,12,15H,3,6-7,10-11H2,1-2H3,(H,21,24)(H,22,26). The second-order valence-electron chi connectivity index (χ2n) is 7.36. The Hall–Kier alpha value is -2.08. The minimum absolute atomic E-state index is 0.104. The summed E-state index contributed by atoms with van der Waals surface area (Å²) in [6, 6.07) is 6.41. The van der Waals surface area contributed by atoms with Crippen LogP contribution in [0.4, 0.5) is 4.79 Å². The smallest absolute Gasteiger partial charge is 0.325 e. The molecule has 1 saturated carbocycles. The lowest BCUT2D eigenvalue weighted by Gasteiger charge is -2.30. The van der Waals surface area contributed by atoms with Crippen molar-refractivity contribution in [3.05, 3.63) is 34.9 Å². The van der Waals surface area contributed by atoms with E-state index in [0.29, 0.717) is 16.5 Å². The highest BCUT2D eigenvalue weighted by atomic mass is 35.5. The zero-order chi connectivity index (χ0) is 18.9. The number of carbonyl (C=O) groups excluding carboxylic acids is 3. The van der Waals surface area contributed by atoms with E-state index in [4.69, 9.17) is 11.6 Å². The third-order valence-electron chi connectivity index (χ3n) is 5.45. The minimum atomic E-state index is -1.27. The van der Waals surface area contributed by atoms with Gasteiger partial charge in [0, 0.05) is 16.6 Å². The zero-order valence-corrected chi connectivity index (χ0v) is 15.8. The van der Waals surface area contributed by atoms with E-state index in [-0.39, 0.29) is 18.5 Å². The number of nitrogens with one attached hydrogen (secondary N) is 2. The molecule has 3 atom stereocenters. The number of hydrogen-bond acceptors (Lipinski definition) is 3. The first-order valence-electron chi connectivity index (χ1n) is 9.01. The summed E-state index contributed by atoms with van der Waals surface area (Å²) in [5, 5.41) is 6.05. The number of amides is 4. The van der Waals surface area contributed by atoms with E-state index >= 15 is 0 Å². The van der Waals surface area contributed by atoms with Gasteiger partial charge < -0.3 is 10.6 Å². The molecule has 3 unspecified atom stereocenters. The molecule has 2 aliphatic rings. The predicted octanol–water partition coefficient (Wildman–Crippen LogP) is 2.80. The van der Waals surface area contributed by atoms with Gasteiger partial charge in [-0.15, -0.1) is 0 Å². The van der Waals surface area contributed by atoms with Crippen LogP contribution < -0.4 is 10.6 Å².